The summed E-state index contributed by atoms with van der Waals surface area (Å²) in [6.45, 7) is 5.67. The van der Waals surface area contributed by atoms with Crippen molar-refractivity contribution in [2.24, 2.45) is 0 Å². The molecule has 0 amide bonds. The Balaban J connectivity index is 1.31. The van der Waals surface area contributed by atoms with Gasteiger partial charge >= 0.3 is 0 Å². The van der Waals surface area contributed by atoms with Gasteiger partial charge in [-0.05, 0) is 29.7 Å². The quantitative estimate of drug-likeness (QED) is 0.867. The monoisotopic (exact) mass is 317 g/mol. The number of fused-ring (bicyclic) bond motifs is 1. The van der Waals surface area contributed by atoms with Crippen LogP contribution in [0.4, 0.5) is 5.82 Å². The number of ether oxygens (including phenoxy) is 2. The van der Waals surface area contributed by atoms with E-state index in [1.807, 2.05) is 29.6 Å². The topological polar surface area (TPSA) is 37.8 Å². The third kappa shape index (κ3) is 2.89. The molecule has 22 heavy (non-hydrogen) atoms. The number of rotatable bonds is 3. The Hall–Kier alpha value is -1.79. The van der Waals surface area contributed by atoms with Crippen LogP contribution in [0.15, 0.2) is 35.7 Å². The Morgan fingerprint density at radius 2 is 1.91 bits per heavy atom. The highest BCUT2D eigenvalue weighted by molar-refractivity contribution is 7.03. The zero-order valence-corrected chi connectivity index (χ0v) is 13.2. The van der Waals surface area contributed by atoms with Crippen molar-refractivity contribution in [2.75, 3.05) is 44.2 Å². The van der Waals surface area contributed by atoms with Gasteiger partial charge < -0.3 is 14.4 Å². The maximum Gasteiger partial charge on any atom is 0.161 e. The van der Waals surface area contributed by atoms with Crippen LogP contribution >= 0.6 is 11.5 Å². The summed E-state index contributed by atoms with van der Waals surface area (Å²) in [4.78, 5) is 4.80. The summed E-state index contributed by atoms with van der Waals surface area (Å²) in [5.74, 6) is 2.82. The Morgan fingerprint density at radius 3 is 2.68 bits per heavy atom. The number of para-hydroxylation sites is 2. The van der Waals surface area contributed by atoms with Crippen molar-refractivity contribution >= 4 is 17.4 Å². The normalized spacial score (nSPS) is 21.8. The van der Waals surface area contributed by atoms with Crippen LogP contribution in [0.5, 0.6) is 11.5 Å². The van der Waals surface area contributed by atoms with Crippen molar-refractivity contribution in [3.05, 3.63) is 35.7 Å². The highest BCUT2D eigenvalue weighted by Gasteiger charge is 2.25. The van der Waals surface area contributed by atoms with E-state index in [9.17, 15) is 0 Å². The predicted molar refractivity (Wildman–Crippen MR) is 87.1 cm³/mol. The van der Waals surface area contributed by atoms with Gasteiger partial charge in [0.25, 0.3) is 0 Å². The van der Waals surface area contributed by atoms with Crippen LogP contribution in [-0.4, -0.2) is 54.7 Å². The van der Waals surface area contributed by atoms with Crippen molar-refractivity contribution in [2.45, 2.75) is 6.10 Å². The lowest BCUT2D eigenvalue weighted by Crippen LogP contribution is -2.50. The molecule has 0 aliphatic carbocycles. The maximum absolute atomic E-state index is 6.04. The van der Waals surface area contributed by atoms with E-state index in [0.29, 0.717) is 6.61 Å². The van der Waals surface area contributed by atoms with Crippen LogP contribution in [0.3, 0.4) is 0 Å². The van der Waals surface area contributed by atoms with Crippen LogP contribution in [0.25, 0.3) is 0 Å². The first-order valence-electron chi connectivity index (χ1n) is 7.65. The minimum absolute atomic E-state index is 0.112. The second-order valence-electron chi connectivity index (χ2n) is 5.64. The number of benzene rings is 1. The molecule has 2 aromatic rings. The number of anilines is 1. The fraction of sp³-hybridized carbons (Fsp3) is 0.438. The van der Waals surface area contributed by atoms with Gasteiger partial charge in [-0.3, -0.25) is 4.90 Å². The summed E-state index contributed by atoms with van der Waals surface area (Å²) in [6, 6.07) is 9.98. The fourth-order valence-electron chi connectivity index (χ4n) is 2.97. The van der Waals surface area contributed by atoms with E-state index in [1.165, 1.54) is 11.5 Å². The number of nitrogens with zero attached hydrogens (tertiary/aromatic N) is 3. The summed E-state index contributed by atoms with van der Waals surface area (Å²) < 4.78 is 16.2. The largest absolute Gasteiger partial charge is 0.486 e. The van der Waals surface area contributed by atoms with Crippen LogP contribution in [0, 0.1) is 0 Å². The molecular weight excluding hydrogens is 298 g/mol. The molecule has 116 valence electrons. The van der Waals surface area contributed by atoms with Crippen LogP contribution in [0.2, 0.25) is 0 Å². The summed E-state index contributed by atoms with van der Waals surface area (Å²) in [6.07, 6.45) is 0.112. The summed E-state index contributed by atoms with van der Waals surface area (Å²) >= 11 is 1.51. The first-order chi connectivity index (χ1) is 10.9. The maximum atomic E-state index is 6.04. The average molecular weight is 317 g/mol. The molecular formula is C16H19N3O2S. The van der Waals surface area contributed by atoms with E-state index in [4.69, 9.17) is 9.47 Å². The first kappa shape index (κ1) is 13.8. The standard InChI is InChI=1S/C16H19N3O2S/c1-2-4-15-14(3-1)20-12-13(21-15)11-18-6-8-19(9-7-18)16-5-10-22-17-16/h1-5,10,13H,6-9,11-12H2. The molecule has 4 rings (SSSR count). The van der Waals surface area contributed by atoms with Gasteiger partial charge in [-0.1, -0.05) is 12.1 Å². The van der Waals surface area contributed by atoms with Gasteiger partial charge in [0.1, 0.15) is 18.5 Å². The van der Waals surface area contributed by atoms with Gasteiger partial charge in [0.15, 0.2) is 11.5 Å². The molecule has 0 N–H and O–H groups in total. The highest BCUT2D eigenvalue weighted by Crippen LogP contribution is 2.31. The van der Waals surface area contributed by atoms with Gasteiger partial charge in [-0.25, -0.2) is 0 Å². The van der Waals surface area contributed by atoms with Crippen molar-refractivity contribution in [3.8, 4) is 11.5 Å². The molecule has 2 aliphatic rings. The van der Waals surface area contributed by atoms with Crippen LogP contribution in [0.1, 0.15) is 0 Å². The van der Waals surface area contributed by atoms with E-state index in [1.54, 1.807) is 0 Å². The number of hydrogen-bond donors (Lipinski definition) is 0. The zero-order valence-electron chi connectivity index (χ0n) is 12.4. The minimum atomic E-state index is 0.112. The molecule has 1 fully saturated rings. The Kier molecular flexibility index (Phi) is 3.86. The molecule has 1 aromatic carbocycles. The van der Waals surface area contributed by atoms with E-state index in [2.05, 4.69) is 20.2 Å². The Labute approximate surface area is 134 Å². The van der Waals surface area contributed by atoms with Gasteiger partial charge in [0, 0.05) is 38.1 Å². The van der Waals surface area contributed by atoms with Gasteiger partial charge in [-0.15, -0.1) is 0 Å². The summed E-state index contributed by atoms with van der Waals surface area (Å²) in [7, 11) is 0. The molecule has 0 spiro atoms. The SMILES string of the molecule is c1ccc2c(c1)OCC(CN1CCN(c3ccsn3)CC1)O2. The highest BCUT2D eigenvalue weighted by atomic mass is 32.1. The number of piperazine rings is 1. The second-order valence-corrected chi connectivity index (χ2v) is 6.31. The van der Waals surface area contributed by atoms with Crippen LogP contribution in [-0.2, 0) is 0 Å². The molecule has 1 atom stereocenters. The van der Waals surface area contributed by atoms with Crippen LogP contribution < -0.4 is 14.4 Å². The minimum Gasteiger partial charge on any atom is -0.486 e. The fourth-order valence-corrected chi connectivity index (χ4v) is 3.50. The van der Waals surface area contributed by atoms with Crippen molar-refractivity contribution < 1.29 is 9.47 Å². The van der Waals surface area contributed by atoms with E-state index in [-0.39, 0.29) is 6.10 Å². The molecule has 1 saturated heterocycles. The predicted octanol–water partition coefficient (Wildman–Crippen LogP) is 2.11. The van der Waals surface area contributed by atoms with E-state index < -0.39 is 0 Å². The zero-order chi connectivity index (χ0) is 14.8. The third-order valence-electron chi connectivity index (χ3n) is 4.15. The lowest BCUT2D eigenvalue weighted by molar-refractivity contribution is 0.0571. The Bertz CT molecular complexity index is 612. The smallest absolute Gasteiger partial charge is 0.161 e. The lowest BCUT2D eigenvalue weighted by Gasteiger charge is -2.37. The molecule has 0 saturated carbocycles. The molecule has 6 heteroatoms. The molecule has 0 radical (unpaired) electrons. The number of hydrogen-bond acceptors (Lipinski definition) is 6. The third-order valence-corrected chi connectivity index (χ3v) is 4.70. The van der Waals surface area contributed by atoms with Gasteiger partial charge in [-0.2, -0.15) is 4.37 Å². The van der Waals surface area contributed by atoms with Crippen molar-refractivity contribution in [3.63, 3.8) is 0 Å². The molecule has 2 aliphatic heterocycles. The number of aromatic nitrogens is 1. The summed E-state index contributed by atoms with van der Waals surface area (Å²) in [5.41, 5.74) is 0. The van der Waals surface area contributed by atoms with Gasteiger partial charge in [0.2, 0.25) is 0 Å². The molecule has 3 heterocycles. The lowest BCUT2D eigenvalue weighted by atomic mass is 10.2. The average Bonchev–Trinajstić information content (AvgIpc) is 3.10. The van der Waals surface area contributed by atoms with Gasteiger partial charge in [0.05, 0.1) is 0 Å². The van der Waals surface area contributed by atoms with E-state index in [0.717, 1.165) is 50.0 Å². The molecule has 1 unspecified atom stereocenters. The summed E-state index contributed by atoms with van der Waals surface area (Å²) in [5, 5.41) is 2.03. The second kappa shape index (κ2) is 6.14. The van der Waals surface area contributed by atoms with Crippen molar-refractivity contribution in [1.82, 2.24) is 9.27 Å². The Morgan fingerprint density at radius 1 is 1.09 bits per heavy atom. The first-order valence-corrected chi connectivity index (χ1v) is 8.48. The van der Waals surface area contributed by atoms with E-state index >= 15 is 0 Å². The molecule has 5 nitrogen and oxygen atoms in total. The molecule has 0 bridgehead atoms. The van der Waals surface area contributed by atoms with Crippen molar-refractivity contribution in [1.29, 1.82) is 0 Å². The molecule has 1 aromatic heterocycles.